The van der Waals surface area contributed by atoms with Crippen LogP contribution in [0.5, 0.6) is 5.75 Å². The average molecular weight is 486 g/mol. The largest absolute Gasteiger partial charge is 0.489 e. The highest BCUT2D eigenvalue weighted by molar-refractivity contribution is 6.17. The first-order valence-corrected chi connectivity index (χ1v) is 11.0. The van der Waals surface area contributed by atoms with Gasteiger partial charge in [0.25, 0.3) is 0 Å². The zero-order chi connectivity index (χ0) is 26.0. The fourth-order valence-electron chi connectivity index (χ4n) is 3.14. The van der Waals surface area contributed by atoms with Crippen molar-refractivity contribution in [1.82, 2.24) is 5.32 Å². The number of ketones is 1. The summed E-state index contributed by atoms with van der Waals surface area (Å²) < 4.78 is 20.2. The van der Waals surface area contributed by atoms with Gasteiger partial charge in [-0.05, 0) is 50.5 Å². The van der Waals surface area contributed by atoms with Crippen molar-refractivity contribution >= 4 is 23.8 Å². The lowest BCUT2D eigenvalue weighted by atomic mass is 9.93. The Kier molecular flexibility index (Phi) is 9.81. The van der Waals surface area contributed by atoms with Gasteiger partial charge >= 0.3 is 18.0 Å². The minimum absolute atomic E-state index is 0.0124. The molecule has 0 spiro atoms. The highest BCUT2D eigenvalue weighted by Gasteiger charge is 2.41. The van der Waals surface area contributed by atoms with Crippen LogP contribution < -0.4 is 10.1 Å². The predicted octanol–water partition coefficient (Wildman–Crippen LogP) is 3.23. The summed E-state index contributed by atoms with van der Waals surface area (Å²) in [6.45, 7) is 5.40. The minimum atomic E-state index is -1.85. The van der Waals surface area contributed by atoms with Crippen molar-refractivity contribution in [3.8, 4) is 5.75 Å². The molecule has 0 radical (unpaired) electrons. The Balaban J connectivity index is 2.20. The smallest absolute Gasteiger partial charge is 0.408 e. The average Bonchev–Trinajstić information content (AvgIpc) is 2.82. The SMILES string of the molecule is COC(=O)C(C(=O)OC)C(=O)[C@H](Cc1ccc(OCc2ccccc2)cc1)NC(=O)OC(C)(C)C. The summed E-state index contributed by atoms with van der Waals surface area (Å²) in [5.41, 5.74) is 0.847. The highest BCUT2D eigenvalue weighted by atomic mass is 16.6. The van der Waals surface area contributed by atoms with Gasteiger partial charge in [0.05, 0.1) is 20.3 Å². The van der Waals surface area contributed by atoms with Gasteiger partial charge in [0.1, 0.15) is 18.0 Å². The minimum Gasteiger partial charge on any atom is -0.489 e. The van der Waals surface area contributed by atoms with Crippen molar-refractivity contribution in [2.75, 3.05) is 14.2 Å². The van der Waals surface area contributed by atoms with Crippen LogP contribution in [-0.2, 0) is 41.6 Å². The topological polar surface area (TPSA) is 117 Å². The third kappa shape index (κ3) is 8.77. The number of carbonyl (C=O) groups is 4. The maximum absolute atomic E-state index is 13.2. The summed E-state index contributed by atoms with van der Waals surface area (Å²) >= 11 is 0. The third-order valence-electron chi connectivity index (χ3n) is 4.80. The molecule has 0 aliphatic rings. The van der Waals surface area contributed by atoms with Crippen LogP contribution in [0.15, 0.2) is 54.6 Å². The number of esters is 2. The summed E-state index contributed by atoms with van der Waals surface area (Å²) in [7, 11) is 2.10. The van der Waals surface area contributed by atoms with Crippen LogP contribution in [-0.4, -0.2) is 49.7 Å². The van der Waals surface area contributed by atoms with Crippen LogP contribution in [0, 0.1) is 5.92 Å². The molecule has 0 aromatic heterocycles. The number of amides is 1. The van der Waals surface area contributed by atoms with Crippen LogP contribution >= 0.6 is 0 Å². The molecule has 1 N–H and O–H groups in total. The molecule has 0 bridgehead atoms. The number of alkyl carbamates (subject to hydrolysis) is 1. The molecule has 0 aliphatic carbocycles. The van der Waals surface area contributed by atoms with E-state index in [1.165, 1.54) is 0 Å². The lowest BCUT2D eigenvalue weighted by molar-refractivity contribution is -0.162. The van der Waals surface area contributed by atoms with Crippen molar-refractivity contribution in [2.45, 2.75) is 45.4 Å². The second kappa shape index (κ2) is 12.5. The van der Waals surface area contributed by atoms with Crippen molar-refractivity contribution in [3.63, 3.8) is 0 Å². The van der Waals surface area contributed by atoms with E-state index in [9.17, 15) is 19.2 Å². The fourth-order valence-corrected chi connectivity index (χ4v) is 3.14. The fraction of sp³-hybridized carbons (Fsp3) is 0.385. The van der Waals surface area contributed by atoms with Gasteiger partial charge in [-0.25, -0.2) is 4.79 Å². The number of hydrogen-bond acceptors (Lipinski definition) is 8. The summed E-state index contributed by atoms with van der Waals surface area (Å²) in [5, 5.41) is 2.46. The van der Waals surface area contributed by atoms with E-state index in [1.807, 2.05) is 30.3 Å². The van der Waals surface area contributed by atoms with Gasteiger partial charge in [0, 0.05) is 0 Å². The van der Waals surface area contributed by atoms with Crippen LogP contribution in [0.3, 0.4) is 0 Å². The quantitative estimate of drug-likeness (QED) is 0.310. The number of benzene rings is 2. The standard InChI is InChI=1S/C26H31NO8/c1-26(2,3)35-25(31)27-20(22(28)21(23(29)32-4)24(30)33-5)15-17-11-13-19(14-12-17)34-16-18-9-7-6-8-10-18/h6-14,20-21H,15-16H2,1-5H3,(H,27,31)/t20-/m0/s1. The van der Waals surface area contributed by atoms with E-state index in [0.717, 1.165) is 19.8 Å². The van der Waals surface area contributed by atoms with Crippen molar-refractivity contribution in [3.05, 3.63) is 65.7 Å². The Morgan fingerprint density at radius 3 is 1.91 bits per heavy atom. The van der Waals surface area contributed by atoms with Crippen molar-refractivity contribution in [1.29, 1.82) is 0 Å². The van der Waals surface area contributed by atoms with Crippen LogP contribution in [0.4, 0.5) is 4.79 Å². The Morgan fingerprint density at radius 1 is 0.829 bits per heavy atom. The molecule has 188 valence electrons. The van der Waals surface area contributed by atoms with Crippen LogP contribution in [0.2, 0.25) is 0 Å². The lowest BCUT2D eigenvalue weighted by Crippen LogP contribution is -2.50. The number of ether oxygens (including phenoxy) is 4. The Morgan fingerprint density at radius 2 is 1.40 bits per heavy atom. The Labute approximate surface area is 204 Å². The summed E-state index contributed by atoms with van der Waals surface area (Å²) in [4.78, 5) is 49.9. The molecule has 2 rings (SSSR count). The first kappa shape index (κ1) is 27.4. The molecule has 0 saturated carbocycles. The van der Waals surface area contributed by atoms with Gasteiger partial charge in [-0.3, -0.25) is 14.4 Å². The van der Waals surface area contributed by atoms with E-state index >= 15 is 0 Å². The molecule has 0 saturated heterocycles. The molecular formula is C26H31NO8. The summed E-state index contributed by atoms with van der Waals surface area (Å²) in [6.07, 6.45) is -0.881. The van der Waals surface area contributed by atoms with Crippen molar-refractivity contribution in [2.24, 2.45) is 5.92 Å². The van der Waals surface area contributed by atoms with E-state index in [0.29, 0.717) is 17.9 Å². The van der Waals surface area contributed by atoms with E-state index in [4.69, 9.17) is 9.47 Å². The number of carbonyl (C=O) groups excluding carboxylic acids is 4. The lowest BCUT2D eigenvalue weighted by Gasteiger charge is -2.24. The van der Waals surface area contributed by atoms with E-state index in [-0.39, 0.29) is 6.42 Å². The van der Waals surface area contributed by atoms with Gasteiger partial charge in [0.15, 0.2) is 5.78 Å². The first-order chi connectivity index (χ1) is 16.5. The number of nitrogens with one attached hydrogen (secondary N) is 1. The molecule has 0 aliphatic heterocycles. The van der Waals surface area contributed by atoms with E-state index in [1.54, 1.807) is 45.0 Å². The van der Waals surface area contributed by atoms with Gasteiger partial charge in [-0.2, -0.15) is 0 Å². The highest BCUT2D eigenvalue weighted by Crippen LogP contribution is 2.18. The molecule has 9 heteroatoms. The molecule has 0 heterocycles. The molecule has 9 nitrogen and oxygen atoms in total. The third-order valence-corrected chi connectivity index (χ3v) is 4.80. The number of methoxy groups -OCH3 is 2. The first-order valence-electron chi connectivity index (χ1n) is 11.0. The van der Waals surface area contributed by atoms with E-state index < -0.39 is 41.4 Å². The Hall–Kier alpha value is -3.88. The predicted molar refractivity (Wildman–Crippen MR) is 127 cm³/mol. The number of Topliss-reactive ketones (excluding diaryl/α,β-unsaturated/α-hetero) is 1. The van der Waals surface area contributed by atoms with Crippen molar-refractivity contribution < 1.29 is 38.1 Å². The monoisotopic (exact) mass is 485 g/mol. The molecule has 0 fully saturated rings. The second-order valence-electron chi connectivity index (χ2n) is 8.70. The second-order valence-corrected chi connectivity index (χ2v) is 8.70. The molecule has 1 atom stereocenters. The zero-order valence-corrected chi connectivity index (χ0v) is 20.5. The molecule has 2 aromatic carbocycles. The van der Waals surface area contributed by atoms with E-state index in [2.05, 4.69) is 14.8 Å². The van der Waals surface area contributed by atoms with Crippen LogP contribution in [0.1, 0.15) is 31.9 Å². The molecule has 0 unspecified atom stereocenters. The van der Waals surface area contributed by atoms with Gasteiger partial charge in [-0.15, -0.1) is 0 Å². The summed E-state index contributed by atoms with van der Waals surface area (Å²) in [5.74, 6) is -4.27. The molecule has 35 heavy (non-hydrogen) atoms. The van der Waals surface area contributed by atoms with Crippen LogP contribution in [0.25, 0.3) is 0 Å². The number of rotatable bonds is 10. The molecular weight excluding hydrogens is 454 g/mol. The Bertz CT molecular complexity index is 996. The van der Waals surface area contributed by atoms with Gasteiger partial charge < -0.3 is 24.3 Å². The number of hydrogen-bond donors (Lipinski definition) is 1. The van der Waals surface area contributed by atoms with Gasteiger partial charge in [0.2, 0.25) is 5.92 Å². The normalized spacial score (nSPS) is 11.8. The molecule has 2 aromatic rings. The summed E-state index contributed by atoms with van der Waals surface area (Å²) in [6, 6.07) is 15.3. The maximum Gasteiger partial charge on any atom is 0.408 e. The zero-order valence-electron chi connectivity index (χ0n) is 20.5. The van der Waals surface area contributed by atoms with Gasteiger partial charge in [-0.1, -0.05) is 42.5 Å². The maximum atomic E-state index is 13.2. The molecule has 1 amide bonds.